The van der Waals surface area contributed by atoms with Crippen molar-refractivity contribution in [3.05, 3.63) is 0 Å². The Morgan fingerprint density at radius 3 is 1.10 bits per heavy atom. The van der Waals surface area contributed by atoms with E-state index < -0.39 is 15.6 Å². The quantitative estimate of drug-likeness (QED) is 0.467. The monoisotopic (exact) mass is 373 g/mol. The van der Waals surface area contributed by atoms with Crippen molar-refractivity contribution in [3.63, 3.8) is 0 Å². The predicted molar refractivity (Wildman–Crippen MR) is 25.2 cm³/mol. The molecule has 66 valence electrons. The smallest absolute Gasteiger partial charge is 0.302 e. The summed E-state index contributed by atoms with van der Waals surface area (Å²) >= 11 is 0. The summed E-state index contributed by atoms with van der Waals surface area (Å²) in [4.78, 5) is 31.0. The molecule has 10 heavy (non-hydrogen) atoms. The van der Waals surface area contributed by atoms with E-state index in [0.717, 1.165) is 0 Å². The van der Waals surface area contributed by atoms with Gasteiger partial charge in [-0.2, -0.15) is 4.31 Å². The summed E-state index contributed by atoms with van der Waals surface area (Å²) in [5.41, 5.74) is 0. The van der Waals surface area contributed by atoms with Crippen LogP contribution in [0.5, 0.6) is 0 Å². The first-order chi connectivity index (χ1) is 3.71. The third-order valence-electron chi connectivity index (χ3n) is 0.213. The van der Waals surface area contributed by atoms with Crippen molar-refractivity contribution in [2.24, 2.45) is 0 Å². The molecule has 0 aromatic carbocycles. The van der Waals surface area contributed by atoms with E-state index in [1.165, 1.54) is 0 Å². The Kier molecular flexibility index (Phi) is 5.54. The molecule has 0 saturated heterocycles. The zero-order valence-electron chi connectivity index (χ0n) is 4.22. The Morgan fingerprint density at radius 1 is 0.900 bits per heavy atom. The van der Waals surface area contributed by atoms with Gasteiger partial charge < -0.3 is 19.6 Å². The fraction of sp³-hybridized carbons (Fsp3) is 0. The maximum absolute atomic E-state index is 9.63. The van der Waals surface area contributed by atoms with Crippen molar-refractivity contribution < 1.29 is 54.1 Å². The van der Waals surface area contributed by atoms with Gasteiger partial charge in [-0.05, 0) is 0 Å². The van der Waals surface area contributed by atoms with Gasteiger partial charge in [0.05, 0.1) is 0 Å². The van der Waals surface area contributed by atoms with Crippen molar-refractivity contribution in [1.29, 1.82) is 0 Å². The van der Waals surface area contributed by atoms with Crippen LogP contribution in [-0.2, 0) is 34.5 Å². The summed E-state index contributed by atoms with van der Waals surface area (Å²) in [6.45, 7) is 0. The fourth-order valence-electron chi connectivity index (χ4n) is 0.139. The number of phosphoric acid groups is 2. The molecule has 0 bridgehead atoms. The largest absolute Gasteiger partial charge is 0.478 e. The van der Waals surface area contributed by atoms with Gasteiger partial charge in [-0.25, -0.2) is 9.13 Å². The van der Waals surface area contributed by atoms with E-state index in [9.17, 15) is 9.13 Å². The Hall–Kier alpha value is 0.948. The molecule has 7 nitrogen and oxygen atoms in total. The average molecular weight is 373 g/mol. The van der Waals surface area contributed by atoms with E-state index in [4.69, 9.17) is 19.6 Å². The second kappa shape index (κ2) is 4.09. The van der Waals surface area contributed by atoms with E-state index in [1.54, 1.807) is 0 Å². The second-order valence-corrected chi connectivity index (χ2v) is 3.68. The summed E-state index contributed by atoms with van der Waals surface area (Å²) in [5, 5.41) is 0. The van der Waals surface area contributed by atoms with Gasteiger partial charge in [-0.1, -0.05) is 0 Å². The molecule has 0 atom stereocenters. The molecular weight excluding hydrogens is 369 g/mol. The SMILES string of the molecule is O=P(O)(O)OP(=O)(O)O.[Pt]. The molecule has 0 unspecified atom stereocenters. The van der Waals surface area contributed by atoms with E-state index in [2.05, 4.69) is 4.31 Å². The summed E-state index contributed by atoms with van der Waals surface area (Å²) in [5.74, 6) is 0. The third kappa shape index (κ3) is 11.7. The van der Waals surface area contributed by atoms with Gasteiger partial charge in [0.15, 0.2) is 0 Å². The van der Waals surface area contributed by atoms with Crippen LogP contribution in [0, 0.1) is 0 Å². The molecule has 0 fully saturated rings. The number of rotatable bonds is 2. The predicted octanol–water partition coefficient (Wildman–Crippen LogP) is -0.814. The third-order valence-corrected chi connectivity index (χ3v) is 1.91. The van der Waals surface area contributed by atoms with E-state index >= 15 is 0 Å². The van der Waals surface area contributed by atoms with E-state index in [-0.39, 0.29) is 21.1 Å². The van der Waals surface area contributed by atoms with E-state index in [1.807, 2.05) is 0 Å². The molecule has 0 aliphatic rings. The Morgan fingerprint density at radius 2 is 1.10 bits per heavy atom. The van der Waals surface area contributed by atoms with Crippen molar-refractivity contribution >= 4 is 15.6 Å². The van der Waals surface area contributed by atoms with Gasteiger partial charge in [0.1, 0.15) is 0 Å². The minimum Gasteiger partial charge on any atom is -0.302 e. The van der Waals surface area contributed by atoms with Gasteiger partial charge in [-0.3, -0.25) is 0 Å². The summed E-state index contributed by atoms with van der Waals surface area (Å²) in [7, 11) is -10.1. The van der Waals surface area contributed by atoms with Gasteiger partial charge in [-0.15, -0.1) is 0 Å². The molecule has 0 amide bonds. The molecular formula is H4O7P2Pt. The van der Waals surface area contributed by atoms with Crippen molar-refractivity contribution in [2.75, 3.05) is 0 Å². The van der Waals surface area contributed by atoms with E-state index in [0.29, 0.717) is 0 Å². The first-order valence-electron chi connectivity index (χ1n) is 1.53. The minimum absolute atomic E-state index is 0. The van der Waals surface area contributed by atoms with Crippen molar-refractivity contribution in [2.45, 2.75) is 0 Å². The zero-order chi connectivity index (χ0) is 7.71. The molecule has 0 saturated carbocycles. The molecule has 0 heterocycles. The van der Waals surface area contributed by atoms with Crippen LogP contribution >= 0.6 is 15.6 Å². The summed E-state index contributed by atoms with van der Waals surface area (Å²) in [6, 6.07) is 0. The standard InChI is InChI=1S/H4O7P2.Pt/c1-8(2,3)7-9(4,5)6;/h(H2,1,2,3)(H2,4,5,6);. The Labute approximate surface area is 70.2 Å². The number of hydrogen-bond donors (Lipinski definition) is 4. The summed E-state index contributed by atoms with van der Waals surface area (Å²) in [6.07, 6.45) is 0. The Balaban J connectivity index is 0. The van der Waals surface area contributed by atoms with Gasteiger partial charge in [0.2, 0.25) is 0 Å². The minimum atomic E-state index is -5.05. The van der Waals surface area contributed by atoms with Crippen LogP contribution in [0.25, 0.3) is 0 Å². The van der Waals surface area contributed by atoms with Crippen LogP contribution in [-0.4, -0.2) is 19.6 Å². The van der Waals surface area contributed by atoms with Gasteiger partial charge in [0.25, 0.3) is 0 Å². The molecule has 10 heteroatoms. The first-order valence-corrected chi connectivity index (χ1v) is 4.59. The molecule has 0 rings (SSSR count). The maximum atomic E-state index is 9.63. The zero-order valence-corrected chi connectivity index (χ0v) is 8.29. The van der Waals surface area contributed by atoms with Gasteiger partial charge in [0, 0.05) is 21.1 Å². The average Bonchev–Trinajstić information content (AvgIpc) is 1.14. The molecule has 0 radical (unpaired) electrons. The summed E-state index contributed by atoms with van der Waals surface area (Å²) < 4.78 is 22.2. The second-order valence-electron chi connectivity index (χ2n) is 1.06. The fourth-order valence-corrected chi connectivity index (χ4v) is 1.25. The van der Waals surface area contributed by atoms with Crippen LogP contribution in [0.1, 0.15) is 0 Å². The molecule has 0 aliphatic carbocycles. The molecule has 0 aromatic heterocycles. The first kappa shape index (κ1) is 13.5. The van der Waals surface area contributed by atoms with Crippen LogP contribution < -0.4 is 0 Å². The number of hydrogen-bond acceptors (Lipinski definition) is 3. The maximum Gasteiger partial charge on any atom is 0.478 e. The Bertz CT molecular complexity index is 152. The normalized spacial score (nSPS) is 12.4. The molecule has 0 aliphatic heterocycles. The van der Waals surface area contributed by atoms with Crippen molar-refractivity contribution in [3.8, 4) is 0 Å². The molecule has 0 aromatic rings. The molecule has 0 spiro atoms. The van der Waals surface area contributed by atoms with Crippen LogP contribution in [0.15, 0.2) is 0 Å². The van der Waals surface area contributed by atoms with Crippen molar-refractivity contribution in [1.82, 2.24) is 0 Å². The topological polar surface area (TPSA) is 124 Å². The van der Waals surface area contributed by atoms with Crippen LogP contribution in [0.3, 0.4) is 0 Å². The van der Waals surface area contributed by atoms with Gasteiger partial charge >= 0.3 is 15.6 Å². The van der Waals surface area contributed by atoms with Crippen LogP contribution in [0.4, 0.5) is 0 Å². The molecule has 4 N–H and O–H groups in total. The van der Waals surface area contributed by atoms with Crippen LogP contribution in [0.2, 0.25) is 0 Å².